The number of hydrogen-bond donors (Lipinski definition) is 0. The number of nitrogens with zero attached hydrogens (tertiary/aromatic N) is 2. The minimum atomic E-state index is -0.876. The summed E-state index contributed by atoms with van der Waals surface area (Å²) < 4.78 is 0. The first-order valence-corrected chi connectivity index (χ1v) is 7.60. The van der Waals surface area contributed by atoms with Gasteiger partial charge in [0.05, 0.1) is 0 Å². The van der Waals surface area contributed by atoms with Gasteiger partial charge in [-0.2, -0.15) is 0 Å². The average molecular weight is 284 g/mol. The van der Waals surface area contributed by atoms with Crippen molar-refractivity contribution in [3.05, 3.63) is 0 Å². The Morgan fingerprint density at radius 2 is 1.10 bits per heavy atom. The molecule has 0 unspecified atom stereocenters. The molecule has 2 saturated heterocycles. The number of carbonyl (C=O) groups excluding carboxylic acids is 2. The van der Waals surface area contributed by atoms with Crippen molar-refractivity contribution in [3.63, 3.8) is 0 Å². The van der Waals surface area contributed by atoms with Crippen molar-refractivity contribution in [1.29, 1.82) is 0 Å². The first-order chi connectivity index (χ1) is 9.66. The van der Waals surface area contributed by atoms with E-state index in [9.17, 15) is 9.59 Å². The molecule has 0 atom stereocenters. The summed E-state index contributed by atoms with van der Waals surface area (Å²) in [6.45, 7) is 4.54. The van der Waals surface area contributed by atoms with Crippen molar-refractivity contribution >= 4 is 11.9 Å². The Balaban J connectivity index is 1.74. The Kier molecular flexibility index (Phi) is 5.79. The lowest BCUT2D eigenvalue weighted by Gasteiger charge is -2.27. The number of rotatable bonds is 4. The van der Waals surface area contributed by atoms with Gasteiger partial charge in [-0.1, -0.05) is 12.8 Å². The minimum Gasteiger partial charge on any atom is -0.367 e. The summed E-state index contributed by atoms with van der Waals surface area (Å²) in [6, 6.07) is 0. The summed E-state index contributed by atoms with van der Waals surface area (Å²) in [5.74, 6) is -1.92. The largest absolute Gasteiger partial charge is 0.367 e. The first kappa shape index (κ1) is 15.3. The van der Waals surface area contributed by atoms with Crippen LogP contribution >= 0.6 is 0 Å². The highest BCUT2D eigenvalue weighted by Crippen LogP contribution is 2.14. The number of piperidine rings is 2. The Bertz CT molecular complexity index is 304. The molecule has 0 N–H and O–H groups in total. The molecule has 0 radical (unpaired) electrons. The van der Waals surface area contributed by atoms with E-state index < -0.39 is 17.9 Å². The zero-order valence-corrected chi connectivity index (χ0v) is 12.2. The van der Waals surface area contributed by atoms with Crippen LogP contribution in [-0.2, 0) is 19.3 Å². The molecule has 0 aromatic heterocycles. The molecule has 6 nitrogen and oxygen atoms in total. The van der Waals surface area contributed by atoms with Crippen LogP contribution in [0.2, 0.25) is 0 Å². The maximum absolute atomic E-state index is 11.9. The highest BCUT2D eigenvalue weighted by atomic mass is 16.7. The fourth-order valence-corrected chi connectivity index (χ4v) is 2.42. The SMILES string of the molecule is CC(C(=O)ON1CCCCC1)C(=O)ON1CCCCC1. The number of hydrogen-bond acceptors (Lipinski definition) is 6. The molecule has 20 heavy (non-hydrogen) atoms. The lowest BCUT2D eigenvalue weighted by molar-refractivity contribution is -0.213. The maximum Gasteiger partial charge on any atom is 0.339 e. The number of hydroxylamine groups is 4. The van der Waals surface area contributed by atoms with E-state index in [4.69, 9.17) is 9.68 Å². The summed E-state index contributed by atoms with van der Waals surface area (Å²) in [6.07, 6.45) is 6.45. The minimum absolute atomic E-state index is 0.520. The molecule has 2 aliphatic heterocycles. The summed E-state index contributed by atoms with van der Waals surface area (Å²) in [4.78, 5) is 34.3. The fraction of sp³-hybridized carbons (Fsp3) is 0.857. The molecule has 0 aromatic rings. The van der Waals surface area contributed by atoms with Gasteiger partial charge in [0.25, 0.3) is 0 Å². The summed E-state index contributed by atoms with van der Waals surface area (Å²) in [7, 11) is 0. The van der Waals surface area contributed by atoms with E-state index in [1.54, 1.807) is 17.1 Å². The van der Waals surface area contributed by atoms with Crippen LogP contribution < -0.4 is 0 Å². The van der Waals surface area contributed by atoms with Crippen LogP contribution in [0.15, 0.2) is 0 Å². The molecule has 0 bridgehead atoms. The molecular formula is C14H24N2O4. The molecule has 6 heteroatoms. The van der Waals surface area contributed by atoms with E-state index in [1.165, 1.54) is 12.8 Å². The van der Waals surface area contributed by atoms with Crippen LogP contribution in [0.1, 0.15) is 45.4 Å². The highest BCUT2D eigenvalue weighted by Gasteiger charge is 2.29. The van der Waals surface area contributed by atoms with Crippen LogP contribution in [-0.4, -0.2) is 48.2 Å². The van der Waals surface area contributed by atoms with E-state index in [2.05, 4.69) is 0 Å². The molecule has 2 heterocycles. The van der Waals surface area contributed by atoms with Crippen molar-refractivity contribution in [1.82, 2.24) is 10.1 Å². The maximum atomic E-state index is 11.9. The molecule has 2 aliphatic rings. The molecule has 0 saturated carbocycles. The number of carbonyl (C=O) groups is 2. The topological polar surface area (TPSA) is 59.1 Å². The van der Waals surface area contributed by atoms with E-state index in [0.29, 0.717) is 0 Å². The monoisotopic (exact) mass is 284 g/mol. The molecule has 2 fully saturated rings. The lowest BCUT2D eigenvalue weighted by Crippen LogP contribution is -2.39. The smallest absolute Gasteiger partial charge is 0.339 e. The summed E-state index contributed by atoms with van der Waals surface area (Å²) >= 11 is 0. The lowest BCUT2D eigenvalue weighted by atomic mass is 10.2. The third kappa shape index (κ3) is 4.45. The molecule has 0 aromatic carbocycles. The average Bonchev–Trinajstić information content (AvgIpc) is 2.48. The summed E-state index contributed by atoms with van der Waals surface area (Å²) in [5, 5.41) is 3.30. The Morgan fingerprint density at radius 1 is 0.750 bits per heavy atom. The molecule has 0 amide bonds. The zero-order valence-electron chi connectivity index (χ0n) is 12.2. The predicted octanol–water partition coefficient (Wildman–Crippen LogP) is 1.51. The van der Waals surface area contributed by atoms with Crippen LogP contribution in [0.5, 0.6) is 0 Å². The van der Waals surface area contributed by atoms with Gasteiger partial charge in [0.1, 0.15) is 0 Å². The fourth-order valence-electron chi connectivity index (χ4n) is 2.42. The third-order valence-corrected chi connectivity index (χ3v) is 3.78. The quantitative estimate of drug-likeness (QED) is 0.729. The van der Waals surface area contributed by atoms with Gasteiger partial charge in [0.2, 0.25) is 0 Å². The van der Waals surface area contributed by atoms with E-state index in [0.717, 1.165) is 51.9 Å². The normalized spacial score (nSPS) is 21.7. The Morgan fingerprint density at radius 3 is 1.45 bits per heavy atom. The van der Waals surface area contributed by atoms with Gasteiger partial charge in [0.15, 0.2) is 5.92 Å². The van der Waals surface area contributed by atoms with Gasteiger partial charge in [0, 0.05) is 26.2 Å². The van der Waals surface area contributed by atoms with E-state index in [1.807, 2.05) is 0 Å². The van der Waals surface area contributed by atoms with Gasteiger partial charge in [-0.05, 0) is 32.6 Å². The van der Waals surface area contributed by atoms with E-state index in [-0.39, 0.29) is 0 Å². The molecular weight excluding hydrogens is 260 g/mol. The van der Waals surface area contributed by atoms with Crippen molar-refractivity contribution in [3.8, 4) is 0 Å². The zero-order chi connectivity index (χ0) is 14.4. The first-order valence-electron chi connectivity index (χ1n) is 7.60. The predicted molar refractivity (Wildman–Crippen MR) is 72.2 cm³/mol. The van der Waals surface area contributed by atoms with Crippen LogP contribution in [0.25, 0.3) is 0 Å². The van der Waals surface area contributed by atoms with Crippen molar-refractivity contribution in [2.24, 2.45) is 5.92 Å². The molecule has 2 rings (SSSR count). The third-order valence-electron chi connectivity index (χ3n) is 3.78. The van der Waals surface area contributed by atoms with Crippen molar-refractivity contribution < 1.29 is 19.3 Å². The van der Waals surface area contributed by atoms with Gasteiger partial charge >= 0.3 is 11.9 Å². The molecule has 114 valence electrons. The second kappa shape index (κ2) is 7.59. The summed E-state index contributed by atoms with van der Waals surface area (Å²) in [5.41, 5.74) is 0. The van der Waals surface area contributed by atoms with Gasteiger partial charge in [-0.25, -0.2) is 9.59 Å². The second-order valence-corrected chi connectivity index (χ2v) is 5.52. The molecule has 0 aliphatic carbocycles. The molecule has 0 spiro atoms. The van der Waals surface area contributed by atoms with Crippen LogP contribution in [0.4, 0.5) is 0 Å². The van der Waals surface area contributed by atoms with Gasteiger partial charge in [-0.3, -0.25) is 0 Å². The second-order valence-electron chi connectivity index (χ2n) is 5.52. The van der Waals surface area contributed by atoms with Gasteiger partial charge in [-0.15, -0.1) is 10.1 Å². The van der Waals surface area contributed by atoms with Gasteiger partial charge < -0.3 is 9.68 Å². The Hall–Kier alpha value is -1.14. The highest BCUT2D eigenvalue weighted by molar-refractivity contribution is 5.94. The van der Waals surface area contributed by atoms with Crippen molar-refractivity contribution in [2.75, 3.05) is 26.2 Å². The van der Waals surface area contributed by atoms with E-state index >= 15 is 0 Å². The van der Waals surface area contributed by atoms with Crippen LogP contribution in [0.3, 0.4) is 0 Å². The van der Waals surface area contributed by atoms with Crippen molar-refractivity contribution in [2.45, 2.75) is 45.4 Å². The van der Waals surface area contributed by atoms with Crippen LogP contribution in [0, 0.1) is 5.92 Å². The Labute approximate surface area is 119 Å². The standard InChI is InChI=1S/C14H24N2O4/c1-12(13(17)19-15-8-4-2-5-9-15)14(18)20-16-10-6-3-7-11-16/h12H,2-11H2,1H3.